The molecule has 0 aromatic heterocycles. The number of rotatable bonds is 1. The first-order valence-electron chi connectivity index (χ1n) is 6.38. The van der Waals surface area contributed by atoms with E-state index in [0.717, 1.165) is 5.92 Å². The van der Waals surface area contributed by atoms with Crippen LogP contribution in [0.25, 0.3) is 0 Å². The topological polar surface area (TPSA) is 12.0 Å². The van der Waals surface area contributed by atoms with E-state index in [9.17, 15) is 0 Å². The van der Waals surface area contributed by atoms with E-state index in [-0.39, 0.29) is 17.8 Å². The van der Waals surface area contributed by atoms with Gasteiger partial charge in [-0.1, -0.05) is 45.0 Å². The highest BCUT2D eigenvalue weighted by atomic mass is 35.5. The number of halogens is 1. The van der Waals surface area contributed by atoms with Crippen LogP contribution in [0.4, 0.5) is 0 Å². The molecule has 0 spiro atoms. The van der Waals surface area contributed by atoms with Crippen LogP contribution in [0, 0.1) is 0 Å². The fourth-order valence-electron chi connectivity index (χ4n) is 2.41. The van der Waals surface area contributed by atoms with Crippen molar-refractivity contribution in [3.05, 3.63) is 35.4 Å². The average molecular weight is 254 g/mol. The molecule has 1 fully saturated rings. The van der Waals surface area contributed by atoms with E-state index in [1.807, 2.05) is 0 Å². The summed E-state index contributed by atoms with van der Waals surface area (Å²) in [6, 6.07) is 9.27. The molecule has 0 saturated carbocycles. The van der Waals surface area contributed by atoms with E-state index in [2.05, 4.69) is 50.4 Å². The number of hydrogen-bond acceptors (Lipinski definition) is 1. The van der Waals surface area contributed by atoms with Crippen molar-refractivity contribution < 1.29 is 0 Å². The van der Waals surface area contributed by atoms with E-state index >= 15 is 0 Å². The molecule has 0 radical (unpaired) electrons. The Morgan fingerprint density at radius 3 is 2.00 bits per heavy atom. The molecule has 1 aliphatic rings. The van der Waals surface area contributed by atoms with Crippen molar-refractivity contribution >= 4 is 12.4 Å². The van der Waals surface area contributed by atoms with E-state index in [0.29, 0.717) is 0 Å². The van der Waals surface area contributed by atoms with Crippen molar-refractivity contribution in [2.45, 2.75) is 44.9 Å². The molecule has 1 N–H and O–H groups in total. The van der Waals surface area contributed by atoms with Crippen LogP contribution in [0.3, 0.4) is 0 Å². The van der Waals surface area contributed by atoms with E-state index < -0.39 is 0 Å². The summed E-state index contributed by atoms with van der Waals surface area (Å²) in [5, 5.41) is 3.42. The van der Waals surface area contributed by atoms with Gasteiger partial charge < -0.3 is 5.32 Å². The first-order valence-corrected chi connectivity index (χ1v) is 6.38. The second kappa shape index (κ2) is 5.88. The van der Waals surface area contributed by atoms with Gasteiger partial charge >= 0.3 is 0 Å². The molecule has 17 heavy (non-hydrogen) atoms. The third kappa shape index (κ3) is 3.72. The zero-order valence-electron chi connectivity index (χ0n) is 11.1. The molecule has 1 heterocycles. The molecule has 1 aromatic rings. The zero-order valence-corrected chi connectivity index (χ0v) is 11.9. The zero-order chi connectivity index (χ0) is 11.6. The van der Waals surface area contributed by atoms with Crippen molar-refractivity contribution in [2.75, 3.05) is 13.1 Å². The van der Waals surface area contributed by atoms with Gasteiger partial charge in [0, 0.05) is 0 Å². The monoisotopic (exact) mass is 253 g/mol. The molecule has 2 heteroatoms. The summed E-state index contributed by atoms with van der Waals surface area (Å²) in [6.07, 6.45) is 2.57. The van der Waals surface area contributed by atoms with Gasteiger partial charge in [0.15, 0.2) is 0 Å². The maximum atomic E-state index is 3.42. The summed E-state index contributed by atoms with van der Waals surface area (Å²) in [5.41, 5.74) is 3.23. The van der Waals surface area contributed by atoms with Crippen molar-refractivity contribution in [3.8, 4) is 0 Å². The maximum Gasteiger partial charge on any atom is -0.00431 e. The van der Waals surface area contributed by atoms with Crippen LogP contribution in [-0.2, 0) is 5.41 Å². The molecule has 96 valence electrons. The molecule has 0 unspecified atom stereocenters. The molecular formula is C15H24ClN. The quantitative estimate of drug-likeness (QED) is 0.801. The Labute approximate surface area is 111 Å². The van der Waals surface area contributed by atoms with Gasteiger partial charge in [-0.3, -0.25) is 0 Å². The minimum atomic E-state index is 0. The van der Waals surface area contributed by atoms with Crippen LogP contribution in [0.5, 0.6) is 0 Å². The SMILES string of the molecule is CC(C)(C)c1ccc(C2CCNCC2)cc1.Cl. The Balaban J connectivity index is 0.00000144. The predicted octanol–water partition coefficient (Wildman–Crippen LogP) is 3.87. The van der Waals surface area contributed by atoms with Gasteiger partial charge in [0.1, 0.15) is 0 Å². The van der Waals surface area contributed by atoms with E-state index in [1.54, 1.807) is 0 Å². The number of nitrogens with one attached hydrogen (secondary N) is 1. The van der Waals surface area contributed by atoms with Crippen LogP contribution < -0.4 is 5.32 Å². The summed E-state index contributed by atoms with van der Waals surface area (Å²) in [4.78, 5) is 0. The number of benzene rings is 1. The minimum Gasteiger partial charge on any atom is -0.317 e. The van der Waals surface area contributed by atoms with Gasteiger partial charge in [-0.25, -0.2) is 0 Å². The lowest BCUT2D eigenvalue weighted by Gasteiger charge is -2.24. The smallest absolute Gasteiger partial charge is 0.00431 e. The van der Waals surface area contributed by atoms with Crippen molar-refractivity contribution in [3.63, 3.8) is 0 Å². The molecule has 0 amide bonds. The molecule has 2 rings (SSSR count). The average Bonchev–Trinajstić information content (AvgIpc) is 2.29. The Bertz CT molecular complexity index is 331. The van der Waals surface area contributed by atoms with E-state index in [1.165, 1.54) is 37.1 Å². The molecule has 0 aliphatic carbocycles. The van der Waals surface area contributed by atoms with Gasteiger partial charge in [0.05, 0.1) is 0 Å². The van der Waals surface area contributed by atoms with Crippen LogP contribution >= 0.6 is 12.4 Å². The Hall–Kier alpha value is -0.530. The minimum absolute atomic E-state index is 0. The van der Waals surface area contributed by atoms with Gasteiger partial charge in [-0.05, 0) is 48.4 Å². The van der Waals surface area contributed by atoms with Gasteiger partial charge in [-0.15, -0.1) is 12.4 Å². The first-order chi connectivity index (χ1) is 7.57. The normalized spacial score (nSPS) is 17.6. The highest BCUT2D eigenvalue weighted by molar-refractivity contribution is 5.85. The fraction of sp³-hybridized carbons (Fsp3) is 0.600. The third-order valence-corrected chi connectivity index (χ3v) is 3.59. The summed E-state index contributed by atoms with van der Waals surface area (Å²) in [7, 11) is 0. The van der Waals surface area contributed by atoms with Gasteiger partial charge in [0.25, 0.3) is 0 Å². The molecule has 0 bridgehead atoms. The lowest BCUT2D eigenvalue weighted by molar-refractivity contribution is 0.460. The fourth-order valence-corrected chi connectivity index (χ4v) is 2.41. The van der Waals surface area contributed by atoms with Crippen LogP contribution in [0.1, 0.15) is 50.7 Å². The predicted molar refractivity (Wildman–Crippen MR) is 77.2 cm³/mol. The summed E-state index contributed by atoms with van der Waals surface area (Å²) in [6.45, 7) is 9.16. The van der Waals surface area contributed by atoms with Crippen molar-refractivity contribution in [1.29, 1.82) is 0 Å². The molecule has 0 atom stereocenters. The maximum absolute atomic E-state index is 3.42. The van der Waals surface area contributed by atoms with Crippen LogP contribution in [-0.4, -0.2) is 13.1 Å². The summed E-state index contributed by atoms with van der Waals surface area (Å²) in [5.74, 6) is 0.773. The Morgan fingerprint density at radius 2 is 1.53 bits per heavy atom. The first kappa shape index (κ1) is 14.5. The highest BCUT2D eigenvalue weighted by Gasteiger charge is 2.17. The molecular weight excluding hydrogens is 230 g/mol. The lowest BCUT2D eigenvalue weighted by Crippen LogP contribution is -2.26. The summed E-state index contributed by atoms with van der Waals surface area (Å²) >= 11 is 0. The standard InChI is InChI=1S/C15H23N.ClH/c1-15(2,3)14-6-4-12(5-7-14)13-8-10-16-11-9-13;/h4-7,13,16H,8-11H2,1-3H3;1H. The lowest BCUT2D eigenvalue weighted by atomic mass is 9.84. The highest BCUT2D eigenvalue weighted by Crippen LogP contribution is 2.28. The molecule has 1 nitrogen and oxygen atoms in total. The Kier molecular flexibility index (Phi) is 5.03. The van der Waals surface area contributed by atoms with Crippen molar-refractivity contribution in [2.24, 2.45) is 0 Å². The van der Waals surface area contributed by atoms with Crippen LogP contribution in [0.15, 0.2) is 24.3 Å². The third-order valence-electron chi connectivity index (χ3n) is 3.59. The Morgan fingerprint density at radius 1 is 1.00 bits per heavy atom. The second-order valence-corrected chi connectivity index (χ2v) is 5.90. The summed E-state index contributed by atoms with van der Waals surface area (Å²) < 4.78 is 0. The largest absolute Gasteiger partial charge is 0.317 e. The van der Waals surface area contributed by atoms with Crippen LogP contribution in [0.2, 0.25) is 0 Å². The number of piperidine rings is 1. The molecule has 1 saturated heterocycles. The molecule has 1 aliphatic heterocycles. The van der Waals surface area contributed by atoms with Gasteiger partial charge in [0.2, 0.25) is 0 Å². The van der Waals surface area contributed by atoms with E-state index in [4.69, 9.17) is 0 Å². The number of hydrogen-bond donors (Lipinski definition) is 1. The second-order valence-electron chi connectivity index (χ2n) is 5.90. The van der Waals surface area contributed by atoms with Crippen molar-refractivity contribution in [1.82, 2.24) is 5.32 Å². The molecule has 1 aromatic carbocycles. The van der Waals surface area contributed by atoms with Gasteiger partial charge in [-0.2, -0.15) is 0 Å².